The molecule has 1 aliphatic rings. The largest absolute Gasteiger partial charge is 0.391 e. The van der Waals surface area contributed by atoms with Gasteiger partial charge in [0.15, 0.2) is 0 Å². The highest BCUT2D eigenvalue weighted by molar-refractivity contribution is 5.99. The van der Waals surface area contributed by atoms with Crippen molar-refractivity contribution >= 4 is 17.4 Å². The first-order valence-corrected chi connectivity index (χ1v) is 6.88. The van der Waals surface area contributed by atoms with Crippen LogP contribution < -0.4 is 5.32 Å². The van der Waals surface area contributed by atoms with E-state index in [1.165, 1.54) is 11.0 Å². The number of aliphatic hydroxyl groups is 1. The molecule has 0 aliphatic carbocycles. The van der Waals surface area contributed by atoms with Crippen LogP contribution in [0, 0.1) is 10.1 Å². The van der Waals surface area contributed by atoms with Gasteiger partial charge in [-0.1, -0.05) is 6.92 Å². The van der Waals surface area contributed by atoms with Gasteiger partial charge in [-0.25, -0.2) is 4.98 Å². The number of nitro groups is 1. The van der Waals surface area contributed by atoms with Crippen LogP contribution in [0.25, 0.3) is 0 Å². The molecule has 1 unspecified atom stereocenters. The average Bonchev–Trinajstić information content (AvgIpc) is 2.90. The molecule has 0 bridgehead atoms. The lowest BCUT2D eigenvalue weighted by molar-refractivity contribution is -0.385. The van der Waals surface area contributed by atoms with Crippen molar-refractivity contribution in [3.63, 3.8) is 0 Å². The molecule has 1 fully saturated rings. The van der Waals surface area contributed by atoms with E-state index >= 15 is 0 Å². The molecule has 2 N–H and O–H groups in total. The first kappa shape index (κ1) is 15.2. The van der Waals surface area contributed by atoms with E-state index in [-0.39, 0.29) is 23.7 Å². The van der Waals surface area contributed by atoms with Crippen LogP contribution >= 0.6 is 0 Å². The quantitative estimate of drug-likeness (QED) is 0.620. The maximum Gasteiger partial charge on any atom is 0.288 e. The molecule has 0 spiro atoms. The summed E-state index contributed by atoms with van der Waals surface area (Å²) in [5.41, 5.74) is -0.0492. The van der Waals surface area contributed by atoms with Gasteiger partial charge in [0.1, 0.15) is 12.0 Å². The van der Waals surface area contributed by atoms with Crippen molar-refractivity contribution in [1.29, 1.82) is 0 Å². The molecular formula is C13H18N4O4. The van der Waals surface area contributed by atoms with E-state index < -0.39 is 11.0 Å². The predicted molar refractivity (Wildman–Crippen MR) is 76.2 cm³/mol. The number of β-amino-alcohol motifs (C(OH)–C–C–N with tert-alkyl or cyclic N) is 1. The number of hydrogen-bond acceptors (Lipinski definition) is 6. The van der Waals surface area contributed by atoms with Crippen LogP contribution in [-0.2, 0) is 0 Å². The maximum atomic E-state index is 12.5. The SMILES string of the molecule is CCCNc1ncc([N+](=O)[O-])cc1C(=O)N1CCC(O)C1. The Labute approximate surface area is 121 Å². The highest BCUT2D eigenvalue weighted by atomic mass is 16.6. The van der Waals surface area contributed by atoms with Crippen molar-refractivity contribution in [1.82, 2.24) is 9.88 Å². The third-order valence-corrected chi connectivity index (χ3v) is 3.31. The summed E-state index contributed by atoms with van der Waals surface area (Å²) in [7, 11) is 0. The van der Waals surface area contributed by atoms with Gasteiger partial charge in [0, 0.05) is 25.7 Å². The predicted octanol–water partition coefficient (Wildman–Crippen LogP) is 1.02. The molecule has 114 valence electrons. The first-order valence-electron chi connectivity index (χ1n) is 6.88. The van der Waals surface area contributed by atoms with Crippen LogP contribution in [0.15, 0.2) is 12.3 Å². The standard InChI is InChI=1S/C13H18N4O4/c1-2-4-14-12-11(6-9(7-15-12)17(20)21)13(19)16-5-3-10(18)8-16/h6-7,10,18H,2-5,8H2,1H3,(H,14,15). The summed E-state index contributed by atoms with van der Waals surface area (Å²) in [6.07, 6.45) is 1.96. The van der Waals surface area contributed by atoms with E-state index in [1.807, 2.05) is 6.92 Å². The van der Waals surface area contributed by atoms with Gasteiger partial charge in [-0.05, 0) is 12.8 Å². The van der Waals surface area contributed by atoms with Crippen molar-refractivity contribution < 1.29 is 14.8 Å². The molecule has 1 aliphatic heterocycles. The van der Waals surface area contributed by atoms with Gasteiger partial charge < -0.3 is 15.3 Å². The number of likely N-dealkylation sites (tertiary alicyclic amines) is 1. The molecule has 2 rings (SSSR count). The molecular weight excluding hydrogens is 276 g/mol. The van der Waals surface area contributed by atoms with Gasteiger partial charge in [0.05, 0.1) is 16.6 Å². The molecule has 0 saturated carbocycles. The minimum atomic E-state index is -0.577. The fraction of sp³-hybridized carbons (Fsp3) is 0.538. The Morgan fingerprint density at radius 3 is 3.00 bits per heavy atom. The molecule has 21 heavy (non-hydrogen) atoms. The van der Waals surface area contributed by atoms with Gasteiger partial charge in [0.25, 0.3) is 11.6 Å². The number of amides is 1. The number of rotatable bonds is 5. The molecule has 1 aromatic rings. The van der Waals surface area contributed by atoms with Crippen LogP contribution in [0.2, 0.25) is 0 Å². The number of pyridine rings is 1. The van der Waals surface area contributed by atoms with Crippen molar-refractivity contribution in [2.45, 2.75) is 25.9 Å². The minimum Gasteiger partial charge on any atom is -0.391 e. The highest BCUT2D eigenvalue weighted by Crippen LogP contribution is 2.22. The van der Waals surface area contributed by atoms with Gasteiger partial charge >= 0.3 is 0 Å². The molecule has 8 nitrogen and oxygen atoms in total. The second-order valence-electron chi connectivity index (χ2n) is 4.97. The number of nitrogens with one attached hydrogen (secondary N) is 1. The lowest BCUT2D eigenvalue weighted by atomic mass is 10.2. The monoisotopic (exact) mass is 294 g/mol. The Morgan fingerprint density at radius 1 is 1.67 bits per heavy atom. The summed E-state index contributed by atoms with van der Waals surface area (Å²) in [6.45, 7) is 3.27. The number of nitrogens with zero attached hydrogens (tertiary/aromatic N) is 3. The van der Waals surface area contributed by atoms with E-state index in [9.17, 15) is 20.0 Å². The third kappa shape index (κ3) is 3.46. The van der Waals surface area contributed by atoms with Crippen LogP contribution in [0.1, 0.15) is 30.1 Å². The zero-order valence-corrected chi connectivity index (χ0v) is 11.8. The molecule has 2 heterocycles. The zero-order chi connectivity index (χ0) is 15.4. The summed E-state index contributed by atoms with van der Waals surface area (Å²) < 4.78 is 0. The van der Waals surface area contributed by atoms with E-state index in [4.69, 9.17) is 0 Å². The first-order chi connectivity index (χ1) is 10.0. The van der Waals surface area contributed by atoms with Gasteiger partial charge in [-0.15, -0.1) is 0 Å². The van der Waals surface area contributed by atoms with E-state index in [1.54, 1.807) is 0 Å². The highest BCUT2D eigenvalue weighted by Gasteiger charge is 2.28. The third-order valence-electron chi connectivity index (χ3n) is 3.31. The molecule has 8 heteroatoms. The summed E-state index contributed by atoms with van der Waals surface area (Å²) in [5.74, 6) is -0.00445. The normalized spacial score (nSPS) is 17.8. The Bertz CT molecular complexity index is 549. The topological polar surface area (TPSA) is 109 Å². The summed E-state index contributed by atoms with van der Waals surface area (Å²) in [4.78, 5) is 28.2. The molecule has 1 saturated heterocycles. The van der Waals surface area contributed by atoms with Gasteiger partial charge in [-0.3, -0.25) is 14.9 Å². The van der Waals surface area contributed by atoms with Crippen LogP contribution in [0.5, 0.6) is 0 Å². The van der Waals surface area contributed by atoms with E-state index in [2.05, 4.69) is 10.3 Å². The minimum absolute atomic E-state index is 0.173. The van der Waals surface area contributed by atoms with Gasteiger partial charge in [-0.2, -0.15) is 0 Å². The summed E-state index contributed by atoms with van der Waals surface area (Å²) >= 11 is 0. The number of carbonyl (C=O) groups excluding carboxylic acids is 1. The van der Waals surface area contributed by atoms with Crippen molar-refractivity contribution in [2.75, 3.05) is 25.0 Å². The van der Waals surface area contributed by atoms with Gasteiger partial charge in [0.2, 0.25) is 0 Å². The summed E-state index contributed by atoms with van der Waals surface area (Å²) in [6, 6.07) is 1.23. The fourth-order valence-corrected chi connectivity index (χ4v) is 2.20. The second-order valence-corrected chi connectivity index (χ2v) is 4.97. The Hall–Kier alpha value is -2.22. The molecule has 0 radical (unpaired) electrons. The molecule has 1 aromatic heterocycles. The number of aromatic nitrogens is 1. The van der Waals surface area contributed by atoms with Crippen LogP contribution in [-0.4, -0.2) is 51.6 Å². The molecule has 1 atom stereocenters. The number of aliphatic hydroxyl groups excluding tert-OH is 1. The molecule has 0 aromatic carbocycles. The lowest BCUT2D eigenvalue weighted by Crippen LogP contribution is -2.30. The number of hydrogen-bond donors (Lipinski definition) is 2. The summed E-state index contributed by atoms with van der Waals surface area (Å²) in [5, 5.41) is 23.4. The average molecular weight is 294 g/mol. The van der Waals surface area contributed by atoms with Crippen molar-refractivity contribution in [3.8, 4) is 0 Å². The fourth-order valence-electron chi connectivity index (χ4n) is 2.20. The zero-order valence-electron chi connectivity index (χ0n) is 11.8. The smallest absolute Gasteiger partial charge is 0.288 e. The number of anilines is 1. The van der Waals surface area contributed by atoms with Crippen LogP contribution in [0.3, 0.4) is 0 Å². The number of carbonyl (C=O) groups is 1. The van der Waals surface area contributed by atoms with Crippen molar-refractivity contribution in [3.05, 3.63) is 27.9 Å². The lowest BCUT2D eigenvalue weighted by Gasteiger charge is -2.17. The Morgan fingerprint density at radius 2 is 2.43 bits per heavy atom. The van der Waals surface area contributed by atoms with Crippen molar-refractivity contribution in [2.24, 2.45) is 0 Å². The Kier molecular flexibility index (Phi) is 4.69. The van der Waals surface area contributed by atoms with Crippen LogP contribution in [0.4, 0.5) is 11.5 Å². The maximum absolute atomic E-state index is 12.5. The van der Waals surface area contributed by atoms with E-state index in [0.717, 1.165) is 12.6 Å². The van der Waals surface area contributed by atoms with E-state index in [0.29, 0.717) is 25.3 Å². The second kappa shape index (κ2) is 6.49. The molecule has 1 amide bonds. The Balaban J connectivity index is 2.30.